The molecule has 0 heterocycles. The second-order valence-corrected chi connectivity index (χ2v) is 5.30. The number of hydrogen-bond donors (Lipinski definition) is 1. The van der Waals surface area contributed by atoms with Gasteiger partial charge in [0.2, 0.25) is 0 Å². The molecule has 2 N–H and O–H groups in total. The summed E-state index contributed by atoms with van der Waals surface area (Å²) in [6, 6.07) is 9.44. The molecule has 0 spiro atoms. The molecule has 0 radical (unpaired) electrons. The van der Waals surface area contributed by atoms with E-state index in [0.717, 1.165) is 5.56 Å². The molecule has 0 aliphatic rings. The number of thiocarbonyl (C=S) groups is 1. The maximum Gasteiger partial charge on any atom is 0.141 e. The van der Waals surface area contributed by atoms with Crippen LogP contribution in [0.2, 0.25) is 10.0 Å². The Hall–Kier alpha value is -1.36. The van der Waals surface area contributed by atoms with Gasteiger partial charge in [-0.15, -0.1) is 0 Å². The number of benzene rings is 2. The van der Waals surface area contributed by atoms with Crippen LogP contribution in [-0.2, 0) is 6.61 Å². The van der Waals surface area contributed by atoms with Crippen molar-refractivity contribution in [3.8, 4) is 5.75 Å². The van der Waals surface area contributed by atoms with Gasteiger partial charge in [0.05, 0.1) is 10.0 Å². The van der Waals surface area contributed by atoms with E-state index in [2.05, 4.69) is 0 Å². The molecular weight excluding hydrogens is 320 g/mol. The lowest BCUT2D eigenvalue weighted by molar-refractivity contribution is 0.306. The average Bonchev–Trinajstić information content (AvgIpc) is 2.41. The Morgan fingerprint density at radius 3 is 2.50 bits per heavy atom. The Morgan fingerprint density at radius 2 is 1.90 bits per heavy atom. The summed E-state index contributed by atoms with van der Waals surface area (Å²) < 4.78 is 18.6. The minimum Gasteiger partial charge on any atom is -0.487 e. The Bertz CT molecular complexity index is 664. The molecular formula is C14H10Cl2FNOS. The molecule has 20 heavy (non-hydrogen) atoms. The lowest BCUT2D eigenvalue weighted by Crippen LogP contribution is -2.09. The number of rotatable bonds is 4. The Morgan fingerprint density at radius 1 is 1.15 bits per heavy atom. The first-order valence-electron chi connectivity index (χ1n) is 5.63. The van der Waals surface area contributed by atoms with E-state index in [4.69, 9.17) is 45.9 Å². The van der Waals surface area contributed by atoms with Gasteiger partial charge in [-0.3, -0.25) is 0 Å². The standard InChI is InChI=1S/C14H10Cl2FNOS/c15-10-5-8(1-3-12(10)17)7-19-13-4-2-9(14(18)20)6-11(13)16/h1-6H,7H2,(H2,18,20). The van der Waals surface area contributed by atoms with Crippen LogP contribution in [0.15, 0.2) is 36.4 Å². The second kappa shape index (κ2) is 6.39. The van der Waals surface area contributed by atoms with Gasteiger partial charge in [0.15, 0.2) is 0 Å². The summed E-state index contributed by atoms with van der Waals surface area (Å²) in [5.41, 5.74) is 6.92. The van der Waals surface area contributed by atoms with Gasteiger partial charge in [-0.05, 0) is 35.9 Å². The van der Waals surface area contributed by atoms with Crippen LogP contribution >= 0.6 is 35.4 Å². The van der Waals surface area contributed by atoms with Crippen LogP contribution in [0.5, 0.6) is 5.75 Å². The highest BCUT2D eigenvalue weighted by Crippen LogP contribution is 2.26. The van der Waals surface area contributed by atoms with Gasteiger partial charge in [0, 0.05) is 5.56 Å². The minimum atomic E-state index is -0.464. The number of nitrogens with two attached hydrogens (primary N) is 1. The highest BCUT2D eigenvalue weighted by atomic mass is 35.5. The van der Waals surface area contributed by atoms with Crippen molar-refractivity contribution in [1.29, 1.82) is 0 Å². The molecule has 0 saturated carbocycles. The fourth-order valence-electron chi connectivity index (χ4n) is 1.56. The normalized spacial score (nSPS) is 10.3. The fourth-order valence-corrected chi connectivity index (χ4v) is 2.13. The summed E-state index contributed by atoms with van der Waals surface area (Å²) in [5, 5.41) is 0.463. The zero-order valence-corrected chi connectivity index (χ0v) is 12.5. The summed E-state index contributed by atoms with van der Waals surface area (Å²) in [6.45, 7) is 0.228. The van der Waals surface area contributed by atoms with Crippen LogP contribution in [0, 0.1) is 5.82 Å². The van der Waals surface area contributed by atoms with E-state index in [0.29, 0.717) is 16.3 Å². The van der Waals surface area contributed by atoms with Crippen LogP contribution in [-0.4, -0.2) is 4.99 Å². The lowest BCUT2D eigenvalue weighted by atomic mass is 10.2. The fraction of sp³-hybridized carbons (Fsp3) is 0.0714. The van der Waals surface area contributed by atoms with E-state index in [-0.39, 0.29) is 16.6 Å². The Balaban J connectivity index is 2.10. The lowest BCUT2D eigenvalue weighted by Gasteiger charge is -2.09. The highest BCUT2D eigenvalue weighted by molar-refractivity contribution is 7.80. The molecule has 0 unspecified atom stereocenters. The average molecular weight is 330 g/mol. The highest BCUT2D eigenvalue weighted by Gasteiger charge is 2.06. The van der Waals surface area contributed by atoms with Crippen molar-refractivity contribution in [3.63, 3.8) is 0 Å². The number of ether oxygens (including phenoxy) is 1. The molecule has 0 aliphatic heterocycles. The third-order valence-electron chi connectivity index (χ3n) is 2.59. The van der Waals surface area contributed by atoms with E-state index < -0.39 is 5.82 Å². The van der Waals surface area contributed by atoms with E-state index in [1.807, 2.05) is 0 Å². The molecule has 104 valence electrons. The van der Waals surface area contributed by atoms with Gasteiger partial charge in [-0.2, -0.15) is 0 Å². The maximum atomic E-state index is 13.0. The smallest absolute Gasteiger partial charge is 0.141 e. The number of hydrogen-bond acceptors (Lipinski definition) is 2. The van der Waals surface area contributed by atoms with Crippen LogP contribution in [0.4, 0.5) is 4.39 Å². The van der Waals surface area contributed by atoms with Gasteiger partial charge in [0.1, 0.15) is 23.2 Å². The zero-order chi connectivity index (χ0) is 14.7. The first kappa shape index (κ1) is 15.0. The summed E-state index contributed by atoms with van der Waals surface area (Å²) in [6.07, 6.45) is 0. The summed E-state index contributed by atoms with van der Waals surface area (Å²) >= 11 is 16.6. The molecule has 2 aromatic rings. The van der Waals surface area contributed by atoms with Crippen molar-refractivity contribution < 1.29 is 9.13 Å². The molecule has 0 aliphatic carbocycles. The predicted molar refractivity (Wildman–Crippen MR) is 83.1 cm³/mol. The van der Waals surface area contributed by atoms with Gasteiger partial charge >= 0.3 is 0 Å². The molecule has 0 amide bonds. The topological polar surface area (TPSA) is 35.2 Å². The van der Waals surface area contributed by atoms with Crippen molar-refractivity contribution in [2.24, 2.45) is 5.73 Å². The van der Waals surface area contributed by atoms with Crippen molar-refractivity contribution in [2.45, 2.75) is 6.61 Å². The molecule has 0 saturated heterocycles. The van der Waals surface area contributed by atoms with Crippen molar-refractivity contribution in [3.05, 3.63) is 63.4 Å². The molecule has 2 aromatic carbocycles. The van der Waals surface area contributed by atoms with Crippen LogP contribution in [0.25, 0.3) is 0 Å². The van der Waals surface area contributed by atoms with Crippen molar-refractivity contribution in [2.75, 3.05) is 0 Å². The van der Waals surface area contributed by atoms with Gasteiger partial charge in [-0.1, -0.05) is 41.5 Å². The molecule has 0 bridgehead atoms. The van der Waals surface area contributed by atoms with E-state index in [1.165, 1.54) is 12.1 Å². The SMILES string of the molecule is NC(=S)c1ccc(OCc2ccc(F)c(Cl)c2)c(Cl)c1. The summed E-state index contributed by atoms with van der Waals surface area (Å²) in [7, 11) is 0. The van der Waals surface area contributed by atoms with Gasteiger partial charge in [0.25, 0.3) is 0 Å². The van der Waals surface area contributed by atoms with Crippen LogP contribution in [0.1, 0.15) is 11.1 Å². The quantitative estimate of drug-likeness (QED) is 0.847. The molecule has 6 heteroatoms. The molecule has 2 rings (SSSR count). The molecule has 0 atom stereocenters. The van der Waals surface area contributed by atoms with E-state index >= 15 is 0 Å². The number of halogens is 3. The van der Waals surface area contributed by atoms with Crippen molar-refractivity contribution >= 4 is 40.4 Å². The monoisotopic (exact) mass is 329 g/mol. The first-order valence-corrected chi connectivity index (χ1v) is 6.80. The summed E-state index contributed by atoms with van der Waals surface area (Å²) in [4.78, 5) is 0.267. The Kier molecular flexibility index (Phi) is 4.81. The van der Waals surface area contributed by atoms with Crippen molar-refractivity contribution in [1.82, 2.24) is 0 Å². The van der Waals surface area contributed by atoms with E-state index in [9.17, 15) is 4.39 Å². The molecule has 2 nitrogen and oxygen atoms in total. The van der Waals surface area contributed by atoms with Crippen LogP contribution < -0.4 is 10.5 Å². The van der Waals surface area contributed by atoms with Crippen LogP contribution in [0.3, 0.4) is 0 Å². The zero-order valence-electron chi connectivity index (χ0n) is 10.2. The maximum absolute atomic E-state index is 13.0. The Labute approximate surface area is 131 Å². The third kappa shape index (κ3) is 3.60. The molecule has 0 fully saturated rings. The molecule has 0 aromatic heterocycles. The van der Waals surface area contributed by atoms with Gasteiger partial charge in [-0.25, -0.2) is 4.39 Å². The summed E-state index contributed by atoms with van der Waals surface area (Å²) in [5.74, 6) is 0.0291. The second-order valence-electron chi connectivity index (χ2n) is 4.05. The third-order valence-corrected chi connectivity index (χ3v) is 3.42. The van der Waals surface area contributed by atoms with E-state index in [1.54, 1.807) is 24.3 Å². The van der Waals surface area contributed by atoms with Gasteiger partial charge < -0.3 is 10.5 Å². The first-order chi connectivity index (χ1) is 9.47. The predicted octanol–water partition coefficient (Wildman–Crippen LogP) is 4.35. The minimum absolute atomic E-state index is 0.0565. The largest absolute Gasteiger partial charge is 0.487 e.